The molecule has 1 aliphatic carbocycles. The molecular weight excluding hydrogens is 554 g/mol. The van der Waals surface area contributed by atoms with E-state index in [-0.39, 0.29) is 36.3 Å². The van der Waals surface area contributed by atoms with Gasteiger partial charge in [-0.05, 0) is 29.2 Å². The molecule has 41 heavy (non-hydrogen) atoms. The quantitative estimate of drug-likeness (QED) is 0.230. The topological polar surface area (TPSA) is 67.9 Å². The highest BCUT2D eigenvalue weighted by molar-refractivity contribution is 6.11. The molecule has 12 heteroatoms. The second kappa shape index (κ2) is 9.50. The van der Waals surface area contributed by atoms with Crippen LogP contribution in [0.15, 0.2) is 48.7 Å². The van der Waals surface area contributed by atoms with Crippen LogP contribution in [0.25, 0.3) is 0 Å². The normalized spacial score (nSPS) is 22.6. The number of nitrogens with one attached hydrogen (secondary N) is 1. The summed E-state index contributed by atoms with van der Waals surface area (Å²) >= 11 is 0. The molecule has 1 atom stereocenters. The molecule has 1 spiro atoms. The Bertz CT molecular complexity index is 1420. The molecule has 220 valence electrons. The highest BCUT2D eigenvalue weighted by Gasteiger charge is 2.76. The lowest BCUT2D eigenvalue weighted by Crippen LogP contribution is -2.65. The zero-order valence-corrected chi connectivity index (χ0v) is 22.5. The van der Waals surface area contributed by atoms with Gasteiger partial charge in [0.2, 0.25) is 0 Å². The third-order valence-corrected chi connectivity index (χ3v) is 8.29. The van der Waals surface area contributed by atoms with Gasteiger partial charge in [-0.25, -0.2) is 9.69 Å². The first kappa shape index (κ1) is 29.0. The van der Waals surface area contributed by atoms with E-state index in [1.807, 2.05) is 32.0 Å². The molecule has 5 rings (SSSR count). The zero-order chi connectivity index (χ0) is 30.0. The van der Waals surface area contributed by atoms with Crippen molar-refractivity contribution in [2.75, 3.05) is 6.61 Å². The Balaban J connectivity index is 1.31. The van der Waals surface area contributed by atoms with Crippen molar-refractivity contribution in [2.45, 2.75) is 75.5 Å². The summed E-state index contributed by atoms with van der Waals surface area (Å²) in [6.07, 6.45) is -7.68. The lowest BCUT2D eigenvalue weighted by Gasteiger charge is -2.53. The van der Waals surface area contributed by atoms with Crippen LogP contribution < -0.4 is 10.1 Å². The van der Waals surface area contributed by atoms with Crippen molar-refractivity contribution < 1.29 is 45.4 Å². The average Bonchev–Trinajstić information content (AvgIpc) is 3.43. The van der Waals surface area contributed by atoms with Crippen LogP contribution >= 0.6 is 0 Å². The lowest BCUT2D eigenvalue weighted by molar-refractivity contribution is -0.385. The number of amides is 3. The number of hydrogen-bond donors (Lipinski definition) is 1. The van der Waals surface area contributed by atoms with E-state index in [2.05, 4.69) is 10.1 Å². The standard InChI is InChI=1S/C29H28F6N2O4/c1-4-9-17-18-16-41-27(28(30,31)32,29(33,34)35)19(18)12-13-22(17)40-15-8-7-14-37-23(38)26(36-24(37)39)21-11-6-5-10-20(21)25(26,2)3/h5-7,10-14H,4,8-9,15-16H2,1-3H3,(H,36,39)/b14-7+. The van der Waals surface area contributed by atoms with Crippen LogP contribution in [0, 0.1) is 0 Å². The van der Waals surface area contributed by atoms with Gasteiger partial charge in [0.05, 0.1) is 13.2 Å². The fourth-order valence-electron chi connectivity index (χ4n) is 6.25. The molecule has 0 saturated carbocycles. The van der Waals surface area contributed by atoms with E-state index in [0.717, 1.165) is 28.2 Å². The first-order valence-electron chi connectivity index (χ1n) is 13.1. The molecule has 2 aromatic carbocycles. The minimum atomic E-state index is -5.71. The molecule has 6 nitrogen and oxygen atoms in total. The maximum absolute atomic E-state index is 13.7. The Morgan fingerprint density at radius 1 is 1.00 bits per heavy atom. The summed E-state index contributed by atoms with van der Waals surface area (Å²) in [7, 11) is 0. The van der Waals surface area contributed by atoms with Crippen molar-refractivity contribution in [1.29, 1.82) is 0 Å². The summed E-state index contributed by atoms with van der Waals surface area (Å²) in [4.78, 5) is 27.1. The molecule has 2 aliphatic heterocycles. The van der Waals surface area contributed by atoms with Crippen molar-refractivity contribution >= 4 is 11.9 Å². The molecule has 2 heterocycles. The van der Waals surface area contributed by atoms with Gasteiger partial charge >= 0.3 is 18.4 Å². The minimum absolute atomic E-state index is 0.000336. The highest BCUT2D eigenvalue weighted by atomic mass is 19.4. The summed E-state index contributed by atoms with van der Waals surface area (Å²) < 4.78 is 92.6. The number of hydrogen-bond acceptors (Lipinski definition) is 4. The maximum Gasteiger partial charge on any atom is 0.430 e. The summed E-state index contributed by atoms with van der Waals surface area (Å²) in [6.45, 7) is 4.66. The number of carbonyl (C=O) groups is 2. The van der Waals surface area contributed by atoms with Crippen LogP contribution in [0.3, 0.4) is 0 Å². The van der Waals surface area contributed by atoms with E-state index in [9.17, 15) is 35.9 Å². The van der Waals surface area contributed by atoms with Gasteiger partial charge in [0.25, 0.3) is 11.5 Å². The van der Waals surface area contributed by atoms with E-state index in [4.69, 9.17) is 4.74 Å². The Morgan fingerprint density at radius 3 is 2.29 bits per heavy atom. The van der Waals surface area contributed by atoms with Crippen molar-refractivity contribution in [2.24, 2.45) is 0 Å². The van der Waals surface area contributed by atoms with Crippen molar-refractivity contribution in [3.63, 3.8) is 0 Å². The highest BCUT2D eigenvalue weighted by Crippen LogP contribution is 2.59. The van der Waals surface area contributed by atoms with E-state index in [1.165, 1.54) is 6.20 Å². The minimum Gasteiger partial charge on any atom is -0.493 e. The fourth-order valence-corrected chi connectivity index (χ4v) is 6.25. The molecule has 1 unspecified atom stereocenters. The van der Waals surface area contributed by atoms with Gasteiger partial charge in [-0.3, -0.25) is 4.79 Å². The Labute approximate surface area is 232 Å². The number of rotatable bonds is 7. The third-order valence-electron chi connectivity index (χ3n) is 8.29. The third kappa shape index (κ3) is 3.89. The average molecular weight is 583 g/mol. The molecule has 3 amide bonds. The lowest BCUT2D eigenvalue weighted by atomic mass is 9.52. The monoisotopic (exact) mass is 582 g/mol. The summed E-state index contributed by atoms with van der Waals surface area (Å²) in [5.74, 6) is -0.255. The Kier molecular flexibility index (Phi) is 6.71. The number of fused-ring (bicyclic) bond motifs is 3. The van der Waals surface area contributed by atoms with Crippen molar-refractivity contribution in [3.05, 3.63) is 76.5 Å². The van der Waals surface area contributed by atoms with Crippen molar-refractivity contribution in [1.82, 2.24) is 10.2 Å². The molecule has 0 aromatic heterocycles. The predicted molar refractivity (Wildman–Crippen MR) is 135 cm³/mol. The van der Waals surface area contributed by atoms with Crippen LogP contribution in [0.5, 0.6) is 5.75 Å². The number of carbonyl (C=O) groups excluding carboxylic acids is 2. The molecule has 2 aromatic rings. The number of benzene rings is 2. The fraction of sp³-hybridized carbons (Fsp3) is 0.448. The molecule has 1 N–H and O–H groups in total. The molecule has 1 saturated heterocycles. The van der Waals surface area contributed by atoms with Gasteiger partial charge < -0.3 is 14.8 Å². The first-order valence-corrected chi connectivity index (χ1v) is 13.1. The summed E-state index contributed by atoms with van der Waals surface area (Å²) in [5.41, 5.74) is -5.40. The molecule has 1 fully saturated rings. The van der Waals surface area contributed by atoms with Crippen molar-refractivity contribution in [3.8, 4) is 5.75 Å². The van der Waals surface area contributed by atoms with Gasteiger partial charge in [0.15, 0.2) is 5.54 Å². The van der Waals surface area contributed by atoms with Gasteiger partial charge in [-0.1, -0.05) is 63.6 Å². The van der Waals surface area contributed by atoms with Gasteiger partial charge in [0.1, 0.15) is 5.75 Å². The Hall–Kier alpha value is -3.54. The van der Waals surface area contributed by atoms with E-state index >= 15 is 0 Å². The first-order chi connectivity index (χ1) is 19.1. The number of nitrogens with zero attached hydrogens (tertiary/aromatic N) is 1. The van der Waals surface area contributed by atoms with Crippen LogP contribution in [-0.2, 0) is 39.1 Å². The van der Waals surface area contributed by atoms with Gasteiger partial charge in [0, 0.05) is 29.2 Å². The SMILES string of the molecule is CCCc1c(OCC/C=C/N2C(=O)NC3(C2=O)c2ccccc2C3(C)C)ccc2c1COC2(C(F)(F)F)C(F)(F)F. The van der Waals surface area contributed by atoms with Crippen LogP contribution in [0.1, 0.15) is 61.4 Å². The summed E-state index contributed by atoms with van der Waals surface area (Å²) in [5, 5.41) is 2.84. The van der Waals surface area contributed by atoms with Crippen LogP contribution in [0.2, 0.25) is 0 Å². The molecular formula is C29H28F6N2O4. The summed E-state index contributed by atoms with van der Waals surface area (Å²) in [6, 6.07) is 8.69. The smallest absolute Gasteiger partial charge is 0.430 e. The van der Waals surface area contributed by atoms with E-state index < -0.39 is 53.0 Å². The number of halogens is 6. The molecule has 3 aliphatic rings. The number of urea groups is 1. The van der Waals surface area contributed by atoms with Crippen LogP contribution in [0.4, 0.5) is 31.1 Å². The molecule has 0 radical (unpaired) electrons. The van der Waals surface area contributed by atoms with Crippen LogP contribution in [-0.4, -0.2) is 35.8 Å². The zero-order valence-electron chi connectivity index (χ0n) is 22.5. The number of imide groups is 1. The van der Waals surface area contributed by atoms with Gasteiger partial charge in [-0.2, -0.15) is 26.3 Å². The number of ether oxygens (including phenoxy) is 2. The second-order valence-corrected chi connectivity index (χ2v) is 10.8. The van der Waals surface area contributed by atoms with E-state index in [0.29, 0.717) is 6.42 Å². The Morgan fingerprint density at radius 2 is 1.66 bits per heavy atom. The van der Waals surface area contributed by atoms with Gasteiger partial charge in [-0.15, -0.1) is 0 Å². The largest absolute Gasteiger partial charge is 0.493 e. The number of alkyl halides is 6. The molecule has 0 bridgehead atoms. The van der Waals surface area contributed by atoms with E-state index in [1.54, 1.807) is 19.1 Å². The predicted octanol–water partition coefficient (Wildman–Crippen LogP) is 6.51. The maximum atomic E-state index is 13.7. The second-order valence-electron chi connectivity index (χ2n) is 10.8.